The van der Waals surface area contributed by atoms with E-state index in [0.717, 1.165) is 38.8 Å². The Hall–Kier alpha value is -6.38. The summed E-state index contributed by atoms with van der Waals surface area (Å²) < 4.78 is 0. The molecule has 0 saturated heterocycles. The number of benzene rings is 7. The van der Waals surface area contributed by atoms with Gasteiger partial charge in [0.25, 0.3) is 0 Å². The maximum absolute atomic E-state index is 5.39. The van der Waals surface area contributed by atoms with Crippen molar-refractivity contribution in [2.75, 3.05) is 0 Å². The predicted molar refractivity (Wildman–Crippen MR) is 202 cm³/mol. The third-order valence-corrected chi connectivity index (χ3v) is 10.9. The molecular weight excluding hydrogens is 593 g/mol. The summed E-state index contributed by atoms with van der Waals surface area (Å²) in [5, 5.41) is 4.76. The van der Waals surface area contributed by atoms with E-state index < -0.39 is 0 Å². The minimum atomic E-state index is -0.387. The van der Waals surface area contributed by atoms with Gasteiger partial charge in [-0.1, -0.05) is 140 Å². The first-order valence-electron chi connectivity index (χ1n) is 16.9. The number of para-hydroxylation sites is 1. The first-order valence-corrected chi connectivity index (χ1v) is 16.9. The fourth-order valence-electron chi connectivity index (χ4n) is 8.94. The van der Waals surface area contributed by atoms with Crippen molar-refractivity contribution in [3.63, 3.8) is 0 Å². The summed E-state index contributed by atoms with van der Waals surface area (Å²) in [6.45, 7) is 0. The molecule has 2 aliphatic carbocycles. The minimum Gasteiger partial charge on any atom is -0.256 e. The third kappa shape index (κ3) is 3.50. The van der Waals surface area contributed by atoms with Crippen LogP contribution in [0.5, 0.6) is 0 Å². The largest absolute Gasteiger partial charge is 0.256 e. The van der Waals surface area contributed by atoms with Crippen LogP contribution in [0.25, 0.3) is 77.2 Å². The molecule has 11 rings (SSSR count). The maximum Gasteiger partial charge on any atom is 0.0788 e. The number of aromatic nitrogens is 2. The van der Waals surface area contributed by atoms with Crippen molar-refractivity contribution in [2.45, 2.75) is 5.41 Å². The summed E-state index contributed by atoms with van der Waals surface area (Å²) in [4.78, 5) is 10.0. The number of hydrogen-bond acceptors (Lipinski definition) is 2. The van der Waals surface area contributed by atoms with Crippen LogP contribution in [0.2, 0.25) is 0 Å². The molecular formula is C47H28N2. The van der Waals surface area contributed by atoms with Gasteiger partial charge >= 0.3 is 0 Å². The molecule has 0 bridgehead atoms. The summed E-state index contributed by atoms with van der Waals surface area (Å²) in [7, 11) is 0. The molecule has 0 amide bonds. The molecule has 9 aromatic rings. The first kappa shape index (κ1) is 26.7. The standard InChI is InChI=1S/C47H28N2/c1-5-18-38-33(14-1)34-15-2-6-19-39(34)47(38)40-20-7-3-16-35(40)45-41(47)25-24-37-44(45)36-17-4-8-21-42(36)49-46(37)32-12-9-11-30(27-32)31-23-22-29-13-10-26-48-43(29)28-31/h1-28H. The van der Waals surface area contributed by atoms with Crippen LogP contribution in [0.1, 0.15) is 22.3 Å². The first-order chi connectivity index (χ1) is 24.3. The SMILES string of the molecule is c1cc(-c2ccc3cccnc3c2)cc(-c2nc3ccccc3c3c4c(ccc23)C2(c3ccccc3-c3ccccc32)c2ccccc2-4)c1. The van der Waals surface area contributed by atoms with Crippen molar-refractivity contribution in [3.8, 4) is 44.6 Å². The molecule has 2 heterocycles. The molecule has 0 unspecified atom stereocenters. The maximum atomic E-state index is 5.39. The van der Waals surface area contributed by atoms with Crippen molar-refractivity contribution in [1.29, 1.82) is 0 Å². The van der Waals surface area contributed by atoms with E-state index in [4.69, 9.17) is 4.98 Å². The summed E-state index contributed by atoms with van der Waals surface area (Å²) in [6.07, 6.45) is 1.86. The molecule has 2 heteroatoms. The summed E-state index contributed by atoms with van der Waals surface area (Å²) in [5.41, 5.74) is 16.7. The van der Waals surface area contributed by atoms with Gasteiger partial charge in [0.1, 0.15) is 0 Å². The van der Waals surface area contributed by atoms with Crippen molar-refractivity contribution in [1.82, 2.24) is 9.97 Å². The molecule has 0 atom stereocenters. The highest BCUT2D eigenvalue weighted by Crippen LogP contribution is 2.64. The van der Waals surface area contributed by atoms with E-state index in [1.165, 1.54) is 60.7 Å². The van der Waals surface area contributed by atoms with Gasteiger partial charge in [0, 0.05) is 33.3 Å². The summed E-state index contributed by atoms with van der Waals surface area (Å²) in [6, 6.07) is 59.9. The van der Waals surface area contributed by atoms with Crippen LogP contribution in [0.4, 0.5) is 0 Å². The van der Waals surface area contributed by atoms with E-state index in [2.05, 4.69) is 163 Å². The number of pyridine rings is 2. The second-order valence-electron chi connectivity index (χ2n) is 13.3. The summed E-state index contributed by atoms with van der Waals surface area (Å²) >= 11 is 0. The number of fused-ring (bicyclic) bond motifs is 15. The fourth-order valence-corrected chi connectivity index (χ4v) is 8.94. The zero-order valence-electron chi connectivity index (χ0n) is 26.6. The zero-order valence-corrected chi connectivity index (χ0v) is 26.6. The van der Waals surface area contributed by atoms with E-state index in [1.807, 2.05) is 12.3 Å². The quantitative estimate of drug-likeness (QED) is 0.180. The molecule has 1 spiro atoms. The highest BCUT2D eigenvalue weighted by molar-refractivity contribution is 6.20. The van der Waals surface area contributed by atoms with Gasteiger partial charge in [-0.15, -0.1) is 0 Å². The Morgan fingerprint density at radius 3 is 1.90 bits per heavy atom. The second kappa shape index (κ2) is 9.82. The van der Waals surface area contributed by atoms with Gasteiger partial charge in [0.15, 0.2) is 0 Å². The lowest BCUT2D eigenvalue weighted by Crippen LogP contribution is -2.25. The van der Waals surface area contributed by atoms with Gasteiger partial charge in [0.2, 0.25) is 0 Å². The van der Waals surface area contributed by atoms with E-state index in [0.29, 0.717) is 0 Å². The average Bonchev–Trinajstić information content (AvgIpc) is 3.65. The van der Waals surface area contributed by atoms with Crippen LogP contribution < -0.4 is 0 Å². The van der Waals surface area contributed by atoms with Crippen molar-refractivity contribution in [3.05, 3.63) is 192 Å². The van der Waals surface area contributed by atoms with Gasteiger partial charge in [-0.3, -0.25) is 4.98 Å². The number of rotatable bonds is 2. The molecule has 2 nitrogen and oxygen atoms in total. The van der Waals surface area contributed by atoms with Gasteiger partial charge in [0.05, 0.1) is 22.1 Å². The van der Waals surface area contributed by atoms with Crippen LogP contribution in [0.3, 0.4) is 0 Å². The van der Waals surface area contributed by atoms with Crippen molar-refractivity contribution < 1.29 is 0 Å². The van der Waals surface area contributed by atoms with Crippen LogP contribution >= 0.6 is 0 Å². The van der Waals surface area contributed by atoms with Crippen LogP contribution in [-0.4, -0.2) is 9.97 Å². The Balaban J connectivity index is 1.23. The highest BCUT2D eigenvalue weighted by atomic mass is 14.7. The Morgan fingerprint density at radius 2 is 1.08 bits per heavy atom. The smallest absolute Gasteiger partial charge is 0.0788 e. The van der Waals surface area contributed by atoms with Gasteiger partial charge in [-0.05, 0) is 79.9 Å². The summed E-state index contributed by atoms with van der Waals surface area (Å²) in [5.74, 6) is 0. The molecule has 0 saturated carbocycles. The minimum absolute atomic E-state index is 0.387. The van der Waals surface area contributed by atoms with E-state index in [-0.39, 0.29) is 5.41 Å². The second-order valence-corrected chi connectivity index (χ2v) is 13.3. The Bertz CT molecular complexity index is 2800. The average molecular weight is 621 g/mol. The van der Waals surface area contributed by atoms with Crippen molar-refractivity contribution >= 4 is 32.6 Å². The van der Waals surface area contributed by atoms with Gasteiger partial charge < -0.3 is 0 Å². The number of nitrogens with zero attached hydrogens (tertiary/aromatic N) is 2. The van der Waals surface area contributed by atoms with Crippen LogP contribution in [0, 0.1) is 0 Å². The Labute approximate surface area is 284 Å². The lowest BCUT2D eigenvalue weighted by atomic mass is 9.70. The lowest BCUT2D eigenvalue weighted by Gasteiger charge is -2.30. The molecule has 2 aliphatic rings. The normalized spacial score (nSPS) is 13.5. The Kier molecular flexibility index (Phi) is 5.34. The molecule has 0 radical (unpaired) electrons. The third-order valence-electron chi connectivity index (χ3n) is 10.9. The predicted octanol–water partition coefficient (Wildman–Crippen LogP) is 11.6. The topological polar surface area (TPSA) is 25.8 Å². The molecule has 0 N–H and O–H groups in total. The molecule has 7 aromatic carbocycles. The van der Waals surface area contributed by atoms with Gasteiger partial charge in [-0.2, -0.15) is 0 Å². The molecule has 49 heavy (non-hydrogen) atoms. The van der Waals surface area contributed by atoms with Crippen molar-refractivity contribution in [2.24, 2.45) is 0 Å². The van der Waals surface area contributed by atoms with E-state index in [1.54, 1.807) is 0 Å². The molecule has 0 fully saturated rings. The molecule has 0 aliphatic heterocycles. The van der Waals surface area contributed by atoms with E-state index >= 15 is 0 Å². The van der Waals surface area contributed by atoms with Crippen LogP contribution in [-0.2, 0) is 5.41 Å². The fraction of sp³-hybridized carbons (Fsp3) is 0.0213. The molecule has 226 valence electrons. The number of hydrogen-bond donors (Lipinski definition) is 0. The monoisotopic (exact) mass is 620 g/mol. The highest BCUT2D eigenvalue weighted by Gasteiger charge is 2.52. The molecule has 2 aromatic heterocycles. The van der Waals surface area contributed by atoms with Crippen LogP contribution in [0.15, 0.2) is 170 Å². The zero-order chi connectivity index (χ0) is 32.1. The van der Waals surface area contributed by atoms with E-state index in [9.17, 15) is 0 Å². The van der Waals surface area contributed by atoms with Gasteiger partial charge in [-0.25, -0.2) is 4.98 Å². The Morgan fingerprint density at radius 1 is 0.408 bits per heavy atom. The lowest BCUT2D eigenvalue weighted by molar-refractivity contribution is 0.794.